The van der Waals surface area contributed by atoms with E-state index in [-0.39, 0.29) is 0 Å². The van der Waals surface area contributed by atoms with Crippen LogP contribution in [0.4, 0.5) is 0 Å². The van der Waals surface area contributed by atoms with E-state index in [0.717, 1.165) is 0 Å². The number of hydrogen-bond acceptors (Lipinski definition) is 0. The lowest BCUT2D eigenvalue weighted by molar-refractivity contribution is 0.937. The molecule has 182 valence electrons. The van der Waals surface area contributed by atoms with Gasteiger partial charge in [0.1, 0.15) is 0 Å². The molecular formula is C38H30. The van der Waals surface area contributed by atoms with Gasteiger partial charge in [0.25, 0.3) is 0 Å². The first-order valence-corrected chi connectivity index (χ1v) is 14.2. The van der Waals surface area contributed by atoms with Crippen LogP contribution in [0.1, 0.15) is 95.9 Å². The van der Waals surface area contributed by atoms with Crippen molar-refractivity contribution < 1.29 is 0 Å². The highest BCUT2D eigenvalue weighted by atomic mass is 14.4. The van der Waals surface area contributed by atoms with E-state index in [1.165, 1.54) is 89.0 Å². The van der Waals surface area contributed by atoms with Crippen molar-refractivity contribution in [2.75, 3.05) is 0 Å². The summed E-state index contributed by atoms with van der Waals surface area (Å²) in [4.78, 5) is 0. The lowest BCUT2D eigenvalue weighted by atomic mass is 9.92. The van der Waals surface area contributed by atoms with Crippen molar-refractivity contribution in [2.45, 2.75) is 51.4 Å². The fourth-order valence-corrected chi connectivity index (χ4v) is 8.36. The highest BCUT2D eigenvalue weighted by Gasteiger charge is 2.36. The lowest BCUT2D eigenvalue weighted by Gasteiger charge is -2.12. The molecule has 4 aliphatic carbocycles. The minimum Gasteiger partial charge on any atom is -0.0619 e. The van der Waals surface area contributed by atoms with Crippen LogP contribution in [-0.2, 0) is 0 Å². The Morgan fingerprint density at radius 1 is 0.289 bits per heavy atom. The summed E-state index contributed by atoms with van der Waals surface area (Å²) in [5, 5.41) is 0. The summed E-state index contributed by atoms with van der Waals surface area (Å²) in [7, 11) is 0. The van der Waals surface area contributed by atoms with Crippen molar-refractivity contribution in [3.05, 3.63) is 129 Å². The van der Waals surface area contributed by atoms with Gasteiger partial charge in [0.05, 0.1) is 0 Å². The van der Waals surface area contributed by atoms with E-state index in [0.29, 0.717) is 23.7 Å². The third-order valence-corrected chi connectivity index (χ3v) is 10.5. The van der Waals surface area contributed by atoms with Gasteiger partial charge in [-0.2, -0.15) is 0 Å². The highest BCUT2D eigenvalue weighted by molar-refractivity contribution is 5.93. The zero-order valence-corrected chi connectivity index (χ0v) is 22.4. The zero-order valence-electron chi connectivity index (χ0n) is 22.4. The summed E-state index contributed by atoms with van der Waals surface area (Å²) in [5.41, 5.74) is 23.5. The quantitative estimate of drug-likeness (QED) is 0.204. The maximum Gasteiger partial charge on any atom is 0.00737 e. The molecule has 0 radical (unpaired) electrons. The predicted molar refractivity (Wildman–Crippen MR) is 158 cm³/mol. The van der Waals surface area contributed by atoms with Crippen molar-refractivity contribution in [1.29, 1.82) is 0 Å². The van der Waals surface area contributed by atoms with Crippen LogP contribution in [0.15, 0.2) is 84.9 Å². The molecule has 0 bridgehead atoms. The Balaban J connectivity index is 1.21. The summed E-state index contributed by atoms with van der Waals surface area (Å²) in [6.07, 6.45) is 0. The zero-order chi connectivity index (χ0) is 25.4. The molecule has 0 saturated carbocycles. The fraction of sp³-hybridized carbons (Fsp3) is 0.211. The molecule has 5 aromatic carbocycles. The third kappa shape index (κ3) is 2.38. The molecule has 0 aliphatic heterocycles. The molecule has 0 heterocycles. The second kappa shape index (κ2) is 6.94. The number of benzene rings is 5. The molecule has 0 amide bonds. The van der Waals surface area contributed by atoms with Gasteiger partial charge in [0, 0.05) is 23.7 Å². The summed E-state index contributed by atoms with van der Waals surface area (Å²) in [5.74, 6) is 1.73. The van der Waals surface area contributed by atoms with Crippen LogP contribution < -0.4 is 0 Å². The molecule has 0 saturated heterocycles. The van der Waals surface area contributed by atoms with Crippen LogP contribution in [0.2, 0.25) is 0 Å². The molecule has 38 heavy (non-hydrogen) atoms. The van der Waals surface area contributed by atoms with Crippen molar-refractivity contribution >= 4 is 0 Å². The van der Waals surface area contributed by atoms with Gasteiger partial charge in [-0.3, -0.25) is 0 Å². The van der Waals surface area contributed by atoms with E-state index in [9.17, 15) is 0 Å². The molecule has 9 rings (SSSR count). The van der Waals surface area contributed by atoms with Crippen molar-refractivity contribution in [3.8, 4) is 44.5 Å². The van der Waals surface area contributed by atoms with Gasteiger partial charge < -0.3 is 0 Å². The minimum absolute atomic E-state index is 0.413. The van der Waals surface area contributed by atoms with Crippen LogP contribution in [-0.4, -0.2) is 0 Å². The summed E-state index contributed by atoms with van der Waals surface area (Å²) in [6.45, 7) is 9.56. The number of hydrogen-bond donors (Lipinski definition) is 0. The Bertz CT molecular complexity index is 1740. The van der Waals surface area contributed by atoms with Gasteiger partial charge >= 0.3 is 0 Å². The van der Waals surface area contributed by atoms with E-state index in [1.807, 2.05) is 0 Å². The first-order valence-electron chi connectivity index (χ1n) is 14.2. The van der Waals surface area contributed by atoms with E-state index in [4.69, 9.17) is 0 Å². The van der Waals surface area contributed by atoms with Gasteiger partial charge in [0.2, 0.25) is 0 Å². The molecule has 5 aromatic rings. The Labute approximate surface area is 225 Å². The van der Waals surface area contributed by atoms with Gasteiger partial charge in [-0.1, -0.05) is 76.2 Å². The average Bonchev–Trinajstić information content (AvgIpc) is 3.59. The standard InChI is InChI=1S/C38H30/c1-19-23-9-5-7-11-25(23)33-13-29-21(3)31-18-38-32(17-37(31)35(29)15-27(19)33)22(4)30-14-34-26-12-8-6-10-24(26)20(2)28(34)16-36(30)38/h5-22H,1-4H3. The Morgan fingerprint density at radius 3 is 0.842 bits per heavy atom. The fourth-order valence-electron chi connectivity index (χ4n) is 8.36. The molecule has 0 aromatic heterocycles. The first kappa shape index (κ1) is 21.1. The molecule has 0 heteroatoms. The molecule has 0 fully saturated rings. The van der Waals surface area contributed by atoms with E-state index in [1.54, 1.807) is 0 Å². The highest BCUT2D eigenvalue weighted by Crippen LogP contribution is 2.57. The van der Waals surface area contributed by atoms with Crippen molar-refractivity contribution in [1.82, 2.24) is 0 Å². The molecule has 4 atom stereocenters. The predicted octanol–water partition coefficient (Wildman–Crippen LogP) is 10.2. The van der Waals surface area contributed by atoms with E-state index < -0.39 is 0 Å². The minimum atomic E-state index is 0.413. The summed E-state index contributed by atoms with van der Waals surface area (Å²) in [6, 6.07) is 33.2. The van der Waals surface area contributed by atoms with E-state index in [2.05, 4.69) is 113 Å². The Kier molecular flexibility index (Phi) is 3.85. The monoisotopic (exact) mass is 486 g/mol. The van der Waals surface area contributed by atoms with Crippen LogP contribution in [0.3, 0.4) is 0 Å². The van der Waals surface area contributed by atoms with Crippen molar-refractivity contribution in [3.63, 3.8) is 0 Å². The third-order valence-electron chi connectivity index (χ3n) is 10.5. The molecule has 4 aliphatic rings. The maximum absolute atomic E-state index is 2.55. The largest absolute Gasteiger partial charge is 0.0619 e. The Hall–Kier alpha value is -3.90. The summed E-state index contributed by atoms with van der Waals surface area (Å²) < 4.78 is 0. The van der Waals surface area contributed by atoms with Gasteiger partial charge in [0.15, 0.2) is 0 Å². The number of rotatable bonds is 0. The topological polar surface area (TPSA) is 0 Å². The molecule has 0 spiro atoms. The maximum atomic E-state index is 2.55. The molecular weight excluding hydrogens is 456 g/mol. The summed E-state index contributed by atoms with van der Waals surface area (Å²) >= 11 is 0. The SMILES string of the molecule is CC1c2ccccc2-c2cc3c(cc21)-c1cc2c(cc1C3C)-c1cc3c(cc1C2C)-c1ccccc1C3C. The second-order valence-electron chi connectivity index (χ2n) is 12.1. The van der Waals surface area contributed by atoms with E-state index >= 15 is 0 Å². The molecule has 0 nitrogen and oxygen atoms in total. The average molecular weight is 487 g/mol. The number of fused-ring (bicyclic) bond motifs is 12. The van der Waals surface area contributed by atoms with Crippen molar-refractivity contribution in [2.24, 2.45) is 0 Å². The first-order chi connectivity index (χ1) is 18.5. The normalized spacial score (nSPS) is 22.2. The molecule has 0 N–H and O–H groups in total. The smallest absolute Gasteiger partial charge is 0.00737 e. The van der Waals surface area contributed by atoms with Crippen LogP contribution in [0.5, 0.6) is 0 Å². The molecule has 4 unspecified atom stereocenters. The lowest BCUT2D eigenvalue weighted by Crippen LogP contribution is -1.93. The van der Waals surface area contributed by atoms with Crippen LogP contribution >= 0.6 is 0 Å². The van der Waals surface area contributed by atoms with Gasteiger partial charge in [-0.25, -0.2) is 0 Å². The van der Waals surface area contributed by atoms with Crippen LogP contribution in [0, 0.1) is 0 Å². The van der Waals surface area contributed by atoms with Crippen LogP contribution in [0.25, 0.3) is 44.5 Å². The Morgan fingerprint density at radius 2 is 0.526 bits per heavy atom. The van der Waals surface area contributed by atoms with Gasteiger partial charge in [-0.05, 0) is 125 Å². The van der Waals surface area contributed by atoms with Gasteiger partial charge in [-0.15, -0.1) is 0 Å². The second-order valence-corrected chi connectivity index (χ2v) is 12.1.